The van der Waals surface area contributed by atoms with Crippen LogP contribution in [0.15, 0.2) is 158 Å². The second kappa shape index (κ2) is 18.1. The van der Waals surface area contributed by atoms with Gasteiger partial charge in [-0.25, -0.2) is 0 Å². The van der Waals surface area contributed by atoms with Crippen molar-refractivity contribution >= 4 is 11.6 Å². The first-order chi connectivity index (χ1) is 27.5. The Kier molecular flexibility index (Phi) is 12.4. The van der Waals surface area contributed by atoms with Crippen molar-refractivity contribution in [2.75, 3.05) is 6.61 Å². The van der Waals surface area contributed by atoms with E-state index < -0.39 is 30.2 Å². The molecule has 0 bridgehead atoms. The van der Waals surface area contributed by atoms with E-state index in [1.807, 2.05) is 140 Å². The standard InChI is InChI=1S/C49H47ClO6/c50-44-26-25-43(29-42(44)28-39-21-22-40-23-24-41(40)27-39)49(51)48(55-33-38-19-11-4-12-20-38)47(54-32-37-17-9-3-10-18-37)46(53-31-36-15-7-2-8-16-36)45(56-49)34-52-30-35-13-5-1-6-14-35/h1-22,25-27,29,45-48,51H,23-24,28,30-34H2/t45-,46-,47+,48-,49?/m1/s1. The smallest absolute Gasteiger partial charge is 0.222 e. The molecule has 2 aliphatic rings. The average molecular weight is 767 g/mol. The largest absolute Gasteiger partial charge is 0.374 e. The topological polar surface area (TPSA) is 66.4 Å². The summed E-state index contributed by atoms with van der Waals surface area (Å²) in [6.07, 6.45) is -0.438. The zero-order chi connectivity index (χ0) is 38.2. The molecule has 8 rings (SSSR count). The molecule has 0 amide bonds. The van der Waals surface area contributed by atoms with Crippen LogP contribution >= 0.6 is 11.6 Å². The van der Waals surface area contributed by atoms with Crippen molar-refractivity contribution in [3.05, 3.63) is 213 Å². The van der Waals surface area contributed by atoms with Gasteiger partial charge in [0, 0.05) is 10.6 Å². The van der Waals surface area contributed by atoms with E-state index in [1.54, 1.807) is 0 Å². The predicted octanol–water partition coefficient (Wildman–Crippen LogP) is 9.55. The number of aliphatic hydroxyl groups is 1. The second-order valence-electron chi connectivity index (χ2n) is 14.7. The van der Waals surface area contributed by atoms with Crippen LogP contribution in [0.25, 0.3) is 0 Å². The Morgan fingerprint density at radius 3 is 1.64 bits per heavy atom. The van der Waals surface area contributed by atoms with Crippen molar-refractivity contribution in [2.45, 2.75) is 75.9 Å². The van der Waals surface area contributed by atoms with Crippen LogP contribution < -0.4 is 0 Å². The van der Waals surface area contributed by atoms with Crippen molar-refractivity contribution in [1.82, 2.24) is 0 Å². The van der Waals surface area contributed by atoms with E-state index in [0.29, 0.717) is 30.2 Å². The maximum absolute atomic E-state index is 13.2. The normalized spacial score (nSPS) is 21.6. The molecule has 1 unspecified atom stereocenters. The highest BCUT2D eigenvalue weighted by atomic mass is 35.5. The molecule has 7 heteroatoms. The van der Waals surface area contributed by atoms with Crippen LogP contribution in [-0.4, -0.2) is 36.1 Å². The Morgan fingerprint density at radius 1 is 0.554 bits per heavy atom. The summed E-state index contributed by atoms with van der Waals surface area (Å²) >= 11 is 6.90. The lowest BCUT2D eigenvalue weighted by Crippen LogP contribution is -2.65. The summed E-state index contributed by atoms with van der Waals surface area (Å²) in [5.41, 5.74) is 9.31. The predicted molar refractivity (Wildman–Crippen MR) is 218 cm³/mol. The monoisotopic (exact) mass is 766 g/mol. The van der Waals surface area contributed by atoms with E-state index in [1.165, 1.54) is 16.7 Å². The van der Waals surface area contributed by atoms with Crippen molar-refractivity contribution in [3.63, 3.8) is 0 Å². The van der Waals surface area contributed by atoms with Gasteiger partial charge in [0.05, 0.1) is 33.0 Å². The second-order valence-corrected chi connectivity index (χ2v) is 15.1. The van der Waals surface area contributed by atoms with Gasteiger partial charge in [0.2, 0.25) is 5.79 Å². The number of ether oxygens (including phenoxy) is 5. The van der Waals surface area contributed by atoms with E-state index in [4.69, 9.17) is 35.3 Å². The van der Waals surface area contributed by atoms with Gasteiger partial charge in [0.15, 0.2) is 0 Å². The van der Waals surface area contributed by atoms with Gasteiger partial charge in [-0.2, -0.15) is 0 Å². The number of aryl methyl sites for hydroxylation is 2. The third-order valence-corrected chi connectivity index (χ3v) is 11.1. The molecule has 0 spiro atoms. The number of rotatable bonds is 16. The molecule has 0 radical (unpaired) electrons. The number of hydrogen-bond donors (Lipinski definition) is 1. The molecule has 5 atom stereocenters. The lowest BCUT2D eigenvalue weighted by atomic mass is 9.85. The minimum absolute atomic E-state index is 0.128. The Bertz CT molecular complexity index is 2150. The fourth-order valence-corrected chi connectivity index (χ4v) is 7.78. The van der Waals surface area contributed by atoms with E-state index in [9.17, 15) is 5.11 Å². The molecular formula is C49H47ClO6. The quantitative estimate of drug-likeness (QED) is 0.106. The molecule has 1 aliphatic carbocycles. The van der Waals surface area contributed by atoms with Gasteiger partial charge in [-0.15, -0.1) is 0 Å². The third-order valence-electron chi connectivity index (χ3n) is 10.7. The number of fused-ring (bicyclic) bond motifs is 1. The molecule has 1 fully saturated rings. The van der Waals surface area contributed by atoms with Crippen LogP contribution in [0.5, 0.6) is 0 Å². The molecule has 1 heterocycles. The van der Waals surface area contributed by atoms with Crippen molar-refractivity contribution in [1.29, 1.82) is 0 Å². The summed E-state index contributed by atoms with van der Waals surface area (Å²) in [5.74, 6) is -1.98. The average Bonchev–Trinajstić information content (AvgIpc) is 3.22. The van der Waals surface area contributed by atoms with Crippen LogP contribution in [-0.2, 0) is 75.2 Å². The van der Waals surface area contributed by atoms with E-state index >= 15 is 0 Å². The van der Waals surface area contributed by atoms with Gasteiger partial charge >= 0.3 is 0 Å². The zero-order valence-corrected chi connectivity index (χ0v) is 32.1. The first-order valence-corrected chi connectivity index (χ1v) is 19.8. The van der Waals surface area contributed by atoms with Crippen LogP contribution in [0.2, 0.25) is 5.02 Å². The van der Waals surface area contributed by atoms with Gasteiger partial charge in [0.25, 0.3) is 0 Å². The van der Waals surface area contributed by atoms with Gasteiger partial charge < -0.3 is 28.8 Å². The Labute approximate surface area is 334 Å². The minimum Gasteiger partial charge on any atom is -0.374 e. The Morgan fingerprint density at radius 2 is 1.09 bits per heavy atom. The number of halogens is 1. The number of benzene rings is 6. The fraction of sp³-hybridized carbons (Fsp3) is 0.265. The molecule has 6 nitrogen and oxygen atoms in total. The molecule has 6 aromatic carbocycles. The summed E-state index contributed by atoms with van der Waals surface area (Å²) in [6.45, 7) is 1.26. The van der Waals surface area contributed by atoms with E-state index in [2.05, 4.69) is 18.2 Å². The van der Waals surface area contributed by atoms with Gasteiger partial charge in [0.1, 0.15) is 24.4 Å². The first kappa shape index (κ1) is 38.3. The molecular weight excluding hydrogens is 720 g/mol. The van der Waals surface area contributed by atoms with E-state index in [0.717, 1.165) is 40.7 Å². The van der Waals surface area contributed by atoms with Crippen LogP contribution in [0.4, 0.5) is 0 Å². The third kappa shape index (κ3) is 9.15. The lowest BCUT2D eigenvalue weighted by molar-refractivity contribution is -0.378. The van der Waals surface area contributed by atoms with Crippen LogP contribution in [0, 0.1) is 0 Å². The molecule has 286 valence electrons. The summed E-state index contributed by atoms with van der Waals surface area (Å²) in [5, 5.41) is 13.8. The molecule has 1 aliphatic heterocycles. The molecule has 0 saturated carbocycles. The van der Waals surface area contributed by atoms with Crippen molar-refractivity contribution in [3.8, 4) is 0 Å². The fourth-order valence-electron chi connectivity index (χ4n) is 7.60. The molecule has 6 aromatic rings. The van der Waals surface area contributed by atoms with Crippen molar-refractivity contribution in [2.24, 2.45) is 0 Å². The maximum Gasteiger partial charge on any atom is 0.222 e. The summed E-state index contributed by atoms with van der Waals surface area (Å²) < 4.78 is 33.8. The molecule has 56 heavy (non-hydrogen) atoms. The molecule has 0 aromatic heterocycles. The zero-order valence-electron chi connectivity index (χ0n) is 31.3. The highest BCUT2D eigenvalue weighted by molar-refractivity contribution is 6.31. The molecule has 1 N–H and O–H groups in total. The summed E-state index contributed by atoms with van der Waals surface area (Å²) in [6, 6.07) is 52.2. The van der Waals surface area contributed by atoms with Crippen LogP contribution in [0.1, 0.15) is 50.1 Å². The number of hydrogen-bond acceptors (Lipinski definition) is 6. The lowest BCUT2D eigenvalue weighted by Gasteiger charge is -2.50. The summed E-state index contributed by atoms with van der Waals surface area (Å²) in [4.78, 5) is 0. The summed E-state index contributed by atoms with van der Waals surface area (Å²) in [7, 11) is 0. The maximum atomic E-state index is 13.2. The minimum atomic E-state index is -1.98. The highest BCUT2D eigenvalue weighted by Crippen LogP contribution is 2.43. The SMILES string of the molecule is OC1(c2ccc(Cl)c(Cc3ccc4c(c3)CC4)c2)O[C@H](COCc2ccccc2)[C@@H](OCc2ccccc2)[C@H](OCc2ccccc2)[C@H]1OCc1ccccc1. The van der Waals surface area contributed by atoms with Gasteiger partial charge in [-0.3, -0.25) is 0 Å². The Balaban J connectivity index is 1.18. The first-order valence-electron chi connectivity index (χ1n) is 19.4. The van der Waals surface area contributed by atoms with Crippen LogP contribution in [0.3, 0.4) is 0 Å². The van der Waals surface area contributed by atoms with E-state index in [-0.39, 0.29) is 19.8 Å². The molecule has 1 saturated heterocycles. The van der Waals surface area contributed by atoms with Gasteiger partial charge in [-0.1, -0.05) is 157 Å². The van der Waals surface area contributed by atoms with Gasteiger partial charge in [-0.05, 0) is 75.9 Å². The van der Waals surface area contributed by atoms with Crippen molar-refractivity contribution < 1.29 is 28.8 Å². The highest BCUT2D eigenvalue weighted by Gasteiger charge is 2.57. The Hall–Kier alpha value is -4.63.